The van der Waals surface area contributed by atoms with Gasteiger partial charge in [-0.1, -0.05) is 29.3 Å². The Labute approximate surface area is 93.3 Å². The van der Waals surface area contributed by atoms with Crippen LogP contribution in [0.4, 0.5) is 4.39 Å². The summed E-state index contributed by atoms with van der Waals surface area (Å²) in [6.07, 6.45) is 1.89. The first-order valence-electron chi connectivity index (χ1n) is 4.28. The Morgan fingerprint density at radius 2 is 2.14 bits per heavy atom. The van der Waals surface area contributed by atoms with Gasteiger partial charge in [0.1, 0.15) is 5.82 Å². The molecular weight excluding hydrogens is 222 g/mol. The molecule has 0 nitrogen and oxygen atoms in total. The van der Waals surface area contributed by atoms with Gasteiger partial charge in [-0.05, 0) is 31.5 Å². The van der Waals surface area contributed by atoms with E-state index in [0.717, 1.165) is 11.1 Å². The number of allylic oxidation sites excluding steroid dienone is 1. The molecule has 3 heteroatoms. The number of alkyl halides is 1. The quantitative estimate of drug-likeness (QED) is 0.659. The Hall–Kier alpha value is -0.530. The summed E-state index contributed by atoms with van der Waals surface area (Å²) in [5.41, 5.74) is 1.88. The van der Waals surface area contributed by atoms with Crippen LogP contribution in [0.2, 0.25) is 5.02 Å². The first kappa shape index (κ1) is 11.5. The number of rotatable bonds is 2. The van der Waals surface area contributed by atoms with Crippen molar-refractivity contribution in [2.24, 2.45) is 0 Å². The lowest BCUT2D eigenvalue weighted by atomic mass is 10.1. The maximum Gasteiger partial charge on any atom is 0.141 e. The highest BCUT2D eigenvalue weighted by molar-refractivity contribution is 6.30. The fourth-order valence-corrected chi connectivity index (χ4v) is 1.23. The largest absolute Gasteiger partial charge is 0.205 e. The predicted octanol–water partition coefficient (Wildman–Crippen LogP) is 4.51. The smallest absolute Gasteiger partial charge is 0.141 e. The molecule has 0 aliphatic rings. The second-order valence-corrected chi connectivity index (χ2v) is 4.24. The molecular formula is C11H11Cl2F. The maximum atomic E-state index is 12.8. The molecule has 0 saturated carbocycles. The van der Waals surface area contributed by atoms with Crippen LogP contribution in [0.1, 0.15) is 19.4 Å². The predicted molar refractivity (Wildman–Crippen MR) is 60.4 cm³/mol. The zero-order valence-electron chi connectivity index (χ0n) is 8.02. The highest BCUT2D eigenvalue weighted by atomic mass is 35.5. The molecule has 1 unspecified atom stereocenters. The van der Waals surface area contributed by atoms with Crippen LogP contribution in [-0.4, -0.2) is 5.38 Å². The summed E-state index contributed by atoms with van der Waals surface area (Å²) in [5, 5.41) is 0.104. The van der Waals surface area contributed by atoms with Gasteiger partial charge in [0, 0.05) is 0 Å². The minimum absolute atomic E-state index is 0.0289. The van der Waals surface area contributed by atoms with Gasteiger partial charge in [-0.25, -0.2) is 4.39 Å². The van der Waals surface area contributed by atoms with Crippen LogP contribution >= 0.6 is 23.2 Å². The van der Waals surface area contributed by atoms with Gasteiger partial charge >= 0.3 is 0 Å². The first-order chi connectivity index (χ1) is 6.50. The van der Waals surface area contributed by atoms with E-state index in [1.165, 1.54) is 6.07 Å². The number of hydrogen-bond acceptors (Lipinski definition) is 0. The second-order valence-electron chi connectivity index (χ2n) is 3.18. The first-order valence-corrected chi connectivity index (χ1v) is 5.09. The summed E-state index contributed by atoms with van der Waals surface area (Å²) in [6.45, 7) is 3.81. The average Bonchev–Trinajstić information content (AvgIpc) is 2.11. The second kappa shape index (κ2) is 4.81. The third kappa shape index (κ3) is 3.00. The third-order valence-electron chi connectivity index (χ3n) is 1.97. The summed E-state index contributed by atoms with van der Waals surface area (Å²) in [5.74, 6) is -0.402. The summed E-state index contributed by atoms with van der Waals surface area (Å²) >= 11 is 11.5. The standard InChI is InChI=1S/C11H11Cl2F/c1-7(8(2)12)5-9-3-4-11(14)10(13)6-9/h3-6,8H,1-2H3/b7-5+. The van der Waals surface area contributed by atoms with E-state index in [9.17, 15) is 4.39 Å². The Morgan fingerprint density at radius 1 is 1.50 bits per heavy atom. The van der Waals surface area contributed by atoms with Crippen molar-refractivity contribution in [3.8, 4) is 0 Å². The number of benzene rings is 1. The molecule has 0 aromatic heterocycles. The van der Waals surface area contributed by atoms with E-state index >= 15 is 0 Å². The number of hydrogen-bond donors (Lipinski definition) is 0. The van der Waals surface area contributed by atoms with Crippen LogP contribution in [0.15, 0.2) is 23.8 Å². The zero-order valence-corrected chi connectivity index (χ0v) is 9.53. The fraction of sp³-hybridized carbons (Fsp3) is 0.273. The van der Waals surface area contributed by atoms with Gasteiger partial charge in [-0.3, -0.25) is 0 Å². The van der Waals surface area contributed by atoms with Gasteiger partial charge < -0.3 is 0 Å². The summed E-state index contributed by atoms with van der Waals surface area (Å²) in [6, 6.07) is 4.60. The molecule has 76 valence electrons. The molecule has 0 N–H and O–H groups in total. The van der Waals surface area contributed by atoms with Crippen molar-refractivity contribution in [3.63, 3.8) is 0 Å². The van der Waals surface area contributed by atoms with Gasteiger partial charge in [0.15, 0.2) is 0 Å². The molecule has 0 amide bonds. The molecule has 1 rings (SSSR count). The zero-order chi connectivity index (χ0) is 10.7. The van der Waals surface area contributed by atoms with Crippen LogP contribution in [-0.2, 0) is 0 Å². The van der Waals surface area contributed by atoms with Crippen molar-refractivity contribution < 1.29 is 4.39 Å². The molecule has 0 bridgehead atoms. The molecule has 0 fully saturated rings. The molecule has 1 atom stereocenters. The molecule has 0 saturated heterocycles. The highest BCUT2D eigenvalue weighted by Crippen LogP contribution is 2.19. The highest BCUT2D eigenvalue weighted by Gasteiger charge is 2.01. The molecule has 1 aromatic carbocycles. The van der Waals surface area contributed by atoms with Crippen molar-refractivity contribution in [3.05, 3.63) is 40.2 Å². The van der Waals surface area contributed by atoms with Crippen LogP contribution in [0, 0.1) is 5.82 Å². The van der Waals surface area contributed by atoms with Gasteiger partial charge in [-0.15, -0.1) is 11.6 Å². The fourth-order valence-electron chi connectivity index (χ4n) is 0.980. The SMILES string of the molecule is C/C(=C\c1ccc(F)c(Cl)c1)C(C)Cl. The van der Waals surface area contributed by atoms with E-state index in [1.807, 2.05) is 19.9 Å². The Kier molecular flexibility index (Phi) is 3.97. The van der Waals surface area contributed by atoms with Crippen molar-refractivity contribution in [1.82, 2.24) is 0 Å². The molecule has 0 radical (unpaired) electrons. The van der Waals surface area contributed by atoms with Crippen molar-refractivity contribution in [2.45, 2.75) is 19.2 Å². The molecule has 0 heterocycles. The molecule has 0 aliphatic carbocycles. The van der Waals surface area contributed by atoms with E-state index in [2.05, 4.69) is 0 Å². The lowest BCUT2D eigenvalue weighted by Crippen LogP contribution is -1.91. The van der Waals surface area contributed by atoms with Gasteiger partial charge in [-0.2, -0.15) is 0 Å². The minimum Gasteiger partial charge on any atom is -0.205 e. The van der Waals surface area contributed by atoms with E-state index in [4.69, 9.17) is 23.2 Å². The Bertz CT molecular complexity index is 356. The lowest BCUT2D eigenvalue weighted by molar-refractivity contribution is 0.628. The average molecular weight is 233 g/mol. The normalized spacial score (nSPS) is 14.2. The van der Waals surface area contributed by atoms with Crippen LogP contribution in [0.25, 0.3) is 6.08 Å². The summed E-state index contributed by atoms with van der Waals surface area (Å²) < 4.78 is 12.8. The topological polar surface area (TPSA) is 0 Å². The lowest BCUT2D eigenvalue weighted by Gasteiger charge is -2.03. The van der Waals surface area contributed by atoms with Crippen LogP contribution < -0.4 is 0 Å². The summed E-state index contributed by atoms with van der Waals surface area (Å²) in [7, 11) is 0. The van der Waals surface area contributed by atoms with Gasteiger partial charge in [0.05, 0.1) is 10.4 Å². The molecule has 0 spiro atoms. The van der Waals surface area contributed by atoms with E-state index in [1.54, 1.807) is 12.1 Å². The summed E-state index contributed by atoms with van der Waals surface area (Å²) in [4.78, 5) is 0. The minimum atomic E-state index is -0.402. The Balaban J connectivity index is 2.98. The molecule has 1 aromatic rings. The van der Waals surface area contributed by atoms with Crippen molar-refractivity contribution in [2.75, 3.05) is 0 Å². The van der Waals surface area contributed by atoms with Gasteiger partial charge in [0.25, 0.3) is 0 Å². The van der Waals surface area contributed by atoms with Crippen molar-refractivity contribution >= 4 is 29.3 Å². The number of halogens is 3. The van der Waals surface area contributed by atoms with Crippen LogP contribution in [0.5, 0.6) is 0 Å². The third-order valence-corrected chi connectivity index (χ3v) is 2.60. The van der Waals surface area contributed by atoms with E-state index < -0.39 is 5.82 Å². The monoisotopic (exact) mass is 232 g/mol. The molecule has 0 aliphatic heterocycles. The maximum absolute atomic E-state index is 12.8. The van der Waals surface area contributed by atoms with Gasteiger partial charge in [0.2, 0.25) is 0 Å². The Morgan fingerprint density at radius 3 is 2.64 bits per heavy atom. The van der Waals surface area contributed by atoms with E-state index in [-0.39, 0.29) is 10.4 Å². The van der Waals surface area contributed by atoms with E-state index in [0.29, 0.717) is 0 Å². The van der Waals surface area contributed by atoms with Crippen molar-refractivity contribution in [1.29, 1.82) is 0 Å². The van der Waals surface area contributed by atoms with Crippen LogP contribution in [0.3, 0.4) is 0 Å². The molecule has 14 heavy (non-hydrogen) atoms.